The second-order valence-corrected chi connectivity index (χ2v) is 21.0. The maximum atomic E-state index is 14.0. The summed E-state index contributed by atoms with van der Waals surface area (Å²) < 4.78 is 24.9. The van der Waals surface area contributed by atoms with Gasteiger partial charge in [0.1, 0.15) is 29.7 Å². The highest BCUT2D eigenvalue weighted by molar-refractivity contribution is 7.13. The molecule has 19 nitrogen and oxygen atoms in total. The number of likely N-dealkylation sites (tertiary alicyclic amines) is 1. The number of nitrogens with two attached hydrogens (primary N) is 1. The number of benzene rings is 2. The molecule has 5 atom stereocenters. The standard InChI is InChI=1S/C54H70N10O9S/c1-34-49(74-33-59-34)36-14-12-35(13-15-36)29-56-51(67)46-27-37(65)30-64(46)53(69)40(54(2,3)4)26-38(66)31-73-25-24-72-23-22-71-21-20-70-19-18-63-17-16-39-42(10-7-11-45(39)63)61-50-48-44(57-32-58-52(48)68)28-47(62-50)60-43-9-6-5-8-41(43)55/h7,10-17,28,32-33,37,40-41,43,46,65H,5-6,8-9,18-27,29-31,55H2,1-4H3,(H,56,67)(H,57,58,68)(H2,60,61,62)/t37-,40-,41+,43-,46+/m1/s1. The lowest BCUT2D eigenvalue weighted by Gasteiger charge is -2.34. The Morgan fingerprint density at radius 2 is 1.68 bits per heavy atom. The number of aryl methyl sites for hydroxylation is 1. The van der Waals surface area contributed by atoms with E-state index in [9.17, 15) is 24.3 Å². The predicted molar refractivity (Wildman–Crippen MR) is 285 cm³/mol. The number of aromatic nitrogens is 5. The molecule has 2 aromatic carbocycles. The minimum Gasteiger partial charge on any atom is -0.391 e. The van der Waals surface area contributed by atoms with Crippen LogP contribution >= 0.6 is 11.3 Å². The largest absolute Gasteiger partial charge is 0.391 e. The van der Waals surface area contributed by atoms with Crippen LogP contribution in [0, 0.1) is 18.3 Å². The summed E-state index contributed by atoms with van der Waals surface area (Å²) in [7, 11) is 0. The Labute approximate surface area is 434 Å². The van der Waals surface area contributed by atoms with Crippen molar-refractivity contribution in [2.75, 3.05) is 70.0 Å². The van der Waals surface area contributed by atoms with Crippen molar-refractivity contribution < 1.29 is 38.4 Å². The van der Waals surface area contributed by atoms with Crippen molar-refractivity contribution >= 4 is 68.1 Å². The molecule has 396 valence electrons. The molecule has 1 saturated heterocycles. The van der Waals surface area contributed by atoms with Crippen molar-refractivity contribution in [1.82, 2.24) is 34.7 Å². The van der Waals surface area contributed by atoms with Crippen LogP contribution in [-0.2, 0) is 46.4 Å². The maximum Gasteiger partial charge on any atom is 0.262 e. The first-order valence-electron chi connectivity index (χ1n) is 25.6. The number of amides is 2. The number of aliphatic hydroxyl groups is 1. The van der Waals surface area contributed by atoms with E-state index in [-0.39, 0.29) is 81.0 Å². The molecular formula is C54H70N10O9S. The summed E-state index contributed by atoms with van der Waals surface area (Å²) in [5.74, 6) is -0.615. The van der Waals surface area contributed by atoms with E-state index in [0.29, 0.717) is 62.1 Å². The quantitative estimate of drug-likeness (QED) is 0.0355. The number of carbonyl (C=O) groups is 3. The molecule has 0 spiro atoms. The summed E-state index contributed by atoms with van der Waals surface area (Å²) in [5, 5.41) is 21.8. The van der Waals surface area contributed by atoms with Crippen LogP contribution in [0.25, 0.3) is 32.2 Å². The second-order valence-electron chi connectivity index (χ2n) is 20.2. The summed E-state index contributed by atoms with van der Waals surface area (Å²) in [6, 6.07) is 17.0. The molecule has 4 aromatic heterocycles. The Morgan fingerprint density at radius 3 is 2.39 bits per heavy atom. The van der Waals surface area contributed by atoms with Gasteiger partial charge in [-0.05, 0) is 54.5 Å². The highest BCUT2D eigenvalue weighted by Gasteiger charge is 2.44. The molecule has 0 radical (unpaired) electrons. The molecule has 2 aliphatic rings. The predicted octanol–water partition coefficient (Wildman–Crippen LogP) is 6.10. The van der Waals surface area contributed by atoms with Crippen molar-refractivity contribution in [3.63, 3.8) is 0 Å². The number of anilines is 3. The molecular weight excluding hydrogens is 965 g/mol. The molecule has 2 amide bonds. The Kier molecular flexibility index (Phi) is 18.6. The molecule has 1 aliphatic heterocycles. The third-order valence-electron chi connectivity index (χ3n) is 13.8. The van der Waals surface area contributed by atoms with E-state index >= 15 is 0 Å². The van der Waals surface area contributed by atoms with Crippen LogP contribution in [0.5, 0.6) is 0 Å². The fourth-order valence-corrected chi connectivity index (χ4v) is 10.5. The zero-order valence-electron chi connectivity index (χ0n) is 42.8. The van der Waals surface area contributed by atoms with E-state index in [0.717, 1.165) is 64.0 Å². The number of nitrogens with zero attached hydrogens (tertiary/aromatic N) is 5. The number of ketones is 1. The molecule has 1 aliphatic carbocycles. The number of aliphatic hydroxyl groups excluding tert-OH is 1. The van der Waals surface area contributed by atoms with E-state index in [1.807, 2.05) is 87.9 Å². The van der Waals surface area contributed by atoms with Gasteiger partial charge < -0.3 is 60.2 Å². The Bertz CT molecular complexity index is 2900. The first-order valence-corrected chi connectivity index (χ1v) is 26.4. The number of carbonyl (C=O) groups excluding carboxylic acids is 3. The number of ether oxygens (including phenoxy) is 4. The van der Waals surface area contributed by atoms with E-state index in [1.54, 1.807) is 17.4 Å². The molecule has 8 rings (SSSR count). The Balaban J connectivity index is 0.704. The lowest BCUT2D eigenvalue weighted by atomic mass is 9.77. The zero-order chi connectivity index (χ0) is 52.2. The van der Waals surface area contributed by atoms with Gasteiger partial charge in [0.15, 0.2) is 5.78 Å². The van der Waals surface area contributed by atoms with Gasteiger partial charge >= 0.3 is 0 Å². The number of aromatic amines is 1. The molecule has 74 heavy (non-hydrogen) atoms. The highest BCUT2D eigenvalue weighted by Crippen LogP contribution is 2.35. The number of H-pyrrole nitrogens is 1. The fourth-order valence-electron chi connectivity index (χ4n) is 9.66. The lowest BCUT2D eigenvalue weighted by molar-refractivity contribution is -0.146. The molecule has 20 heteroatoms. The Hall–Kier alpha value is -6.13. The number of nitrogens with one attached hydrogen (secondary N) is 4. The monoisotopic (exact) mass is 1030 g/mol. The van der Waals surface area contributed by atoms with Gasteiger partial charge in [0, 0.05) is 73.8 Å². The summed E-state index contributed by atoms with van der Waals surface area (Å²) >= 11 is 1.58. The van der Waals surface area contributed by atoms with E-state index in [2.05, 4.69) is 35.5 Å². The second kappa shape index (κ2) is 25.4. The summed E-state index contributed by atoms with van der Waals surface area (Å²) in [4.78, 5) is 72.5. The Morgan fingerprint density at radius 1 is 0.946 bits per heavy atom. The van der Waals surface area contributed by atoms with Gasteiger partial charge in [-0.25, -0.2) is 15.0 Å². The van der Waals surface area contributed by atoms with E-state index in [1.165, 1.54) is 11.2 Å². The molecule has 5 heterocycles. The number of pyridine rings is 1. The van der Waals surface area contributed by atoms with Crippen molar-refractivity contribution in [3.05, 3.63) is 94.2 Å². The number of fused-ring (bicyclic) bond motifs is 2. The zero-order valence-corrected chi connectivity index (χ0v) is 43.6. The third-order valence-corrected chi connectivity index (χ3v) is 14.7. The molecule has 0 unspecified atom stereocenters. The van der Waals surface area contributed by atoms with Crippen LogP contribution in [0.2, 0.25) is 0 Å². The first kappa shape index (κ1) is 54.1. The molecule has 1 saturated carbocycles. The smallest absolute Gasteiger partial charge is 0.262 e. The number of Topliss-reactive ketones (excluding diaryl/α,β-unsaturated/α-hetero) is 1. The summed E-state index contributed by atoms with van der Waals surface area (Å²) in [6.07, 6.45) is 6.75. The number of thiazole rings is 1. The van der Waals surface area contributed by atoms with Crippen LogP contribution < -0.4 is 27.2 Å². The fraction of sp³-hybridized carbons (Fsp3) is 0.500. The van der Waals surface area contributed by atoms with Crippen LogP contribution in [0.3, 0.4) is 0 Å². The van der Waals surface area contributed by atoms with Gasteiger partial charge in [-0.1, -0.05) is 63.9 Å². The summed E-state index contributed by atoms with van der Waals surface area (Å²) in [5.41, 5.74) is 12.6. The normalized spacial score (nSPS) is 18.5. The molecule has 2 fully saturated rings. The van der Waals surface area contributed by atoms with Crippen LogP contribution in [0.4, 0.5) is 17.3 Å². The summed E-state index contributed by atoms with van der Waals surface area (Å²) in [6.45, 7) is 10.8. The van der Waals surface area contributed by atoms with E-state index in [4.69, 9.17) is 29.7 Å². The molecule has 6 aromatic rings. The van der Waals surface area contributed by atoms with E-state index < -0.39 is 23.5 Å². The average Bonchev–Trinajstić information content (AvgIpc) is 4.12. The van der Waals surface area contributed by atoms with Crippen LogP contribution in [0.15, 0.2) is 77.4 Å². The van der Waals surface area contributed by atoms with Gasteiger partial charge in [0.05, 0.1) is 85.8 Å². The maximum absolute atomic E-state index is 14.0. The van der Waals surface area contributed by atoms with Gasteiger partial charge in [-0.15, -0.1) is 11.3 Å². The van der Waals surface area contributed by atoms with Crippen LogP contribution in [-0.4, -0.2) is 136 Å². The van der Waals surface area contributed by atoms with Gasteiger partial charge in [-0.2, -0.15) is 0 Å². The third kappa shape index (κ3) is 14.0. The van der Waals surface area contributed by atoms with Crippen molar-refractivity contribution in [2.24, 2.45) is 17.1 Å². The van der Waals surface area contributed by atoms with Crippen molar-refractivity contribution in [3.8, 4) is 10.4 Å². The highest BCUT2D eigenvalue weighted by atomic mass is 32.1. The average molecular weight is 1040 g/mol. The minimum absolute atomic E-state index is 0.0194. The van der Waals surface area contributed by atoms with Gasteiger partial charge in [0.25, 0.3) is 5.56 Å². The minimum atomic E-state index is -0.850. The SMILES string of the molecule is Cc1ncsc1-c1ccc(CNC(=O)[C@@H]2C[C@@H](O)CN2C(=O)[C@@H](CC(=O)COCCOCCOCCOCCn2ccc3c(Nc4nc(N[C@@H]5CCCC[C@@H]5N)cc5nc[nH]c(=O)c45)cccc32)C(C)(C)C)cc1. The molecule has 0 bridgehead atoms. The van der Waals surface area contributed by atoms with Crippen LogP contribution in [0.1, 0.15) is 70.6 Å². The van der Waals surface area contributed by atoms with Gasteiger partial charge in [0.2, 0.25) is 11.8 Å². The number of β-amino-alcohol motifs (C(OH)–C–C–N with tert-alkyl or cyclic N) is 1. The molecule has 7 N–H and O–H groups in total. The lowest BCUT2D eigenvalue weighted by Crippen LogP contribution is -2.50. The number of hydrogen-bond donors (Lipinski definition) is 6. The van der Waals surface area contributed by atoms with Gasteiger partial charge in [-0.3, -0.25) is 19.2 Å². The first-order chi connectivity index (χ1) is 35.7. The topological polar surface area (TPSA) is 250 Å². The van der Waals surface area contributed by atoms with Crippen molar-refractivity contribution in [1.29, 1.82) is 0 Å². The number of rotatable bonds is 25. The number of hydrogen-bond acceptors (Lipinski definition) is 16. The van der Waals surface area contributed by atoms with Crippen molar-refractivity contribution in [2.45, 2.75) is 104 Å².